The van der Waals surface area contributed by atoms with Gasteiger partial charge in [-0.25, -0.2) is 4.98 Å². The molecule has 0 bridgehead atoms. The quantitative estimate of drug-likeness (QED) is 0.846. The van der Waals surface area contributed by atoms with Gasteiger partial charge in [0.2, 0.25) is 0 Å². The van der Waals surface area contributed by atoms with E-state index in [9.17, 15) is 0 Å². The van der Waals surface area contributed by atoms with Gasteiger partial charge < -0.3 is 10.2 Å². The summed E-state index contributed by atoms with van der Waals surface area (Å²) >= 11 is 3.51. The van der Waals surface area contributed by atoms with Crippen LogP contribution >= 0.6 is 22.7 Å². The molecule has 3 nitrogen and oxygen atoms in total. The summed E-state index contributed by atoms with van der Waals surface area (Å²) in [5.41, 5.74) is 1.35. The summed E-state index contributed by atoms with van der Waals surface area (Å²) in [4.78, 5) is 8.01. The standard InChI is InChI=1S/C14H21N3S2/c1-11(2)6-15-7-13-8-16-14(19-13)17(3)9-12-4-5-18-10-12/h4-5,8,10-11,15H,6-7,9H2,1-3H3. The van der Waals surface area contributed by atoms with Gasteiger partial charge in [0.15, 0.2) is 5.13 Å². The molecule has 2 heterocycles. The fraction of sp³-hybridized carbons (Fsp3) is 0.500. The Morgan fingerprint density at radius 1 is 1.42 bits per heavy atom. The van der Waals surface area contributed by atoms with Crippen LogP contribution in [0.25, 0.3) is 0 Å². The average Bonchev–Trinajstić information content (AvgIpc) is 2.99. The molecular formula is C14H21N3S2. The van der Waals surface area contributed by atoms with Gasteiger partial charge in [-0.2, -0.15) is 11.3 Å². The lowest BCUT2D eigenvalue weighted by molar-refractivity contribution is 0.554. The molecule has 0 radical (unpaired) electrons. The minimum atomic E-state index is 0.689. The van der Waals surface area contributed by atoms with Crippen molar-refractivity contribution >= 4 is 27.8 Å². The van der Waals surface area contributed by atoms with Gasteiger partial charge in [0.1, 0.15) is 0 Å². The van der Waals surface area contributed by atoms with Crippen molar-refractivity contribution < 1.29 is 0 Å². The van der Waals surface area contributed by atoms with Gasteiger partial charge in [0.05, 0.1) is 0 Å². The molecule has 5 heteroatoms. The molecule has 2 aromatic heterocycles. The number of thiophene rings is 1. The lowest BCUT2D eigenvalue weighted by Gasteiger charge is -2.14. The summed E-state index contributed by atoms with van der Waals surface area (Å²) in [7, 11) is 2.10. The lowest BCUT2D eigenvalue weighted by Crippen LogP contribution is -2.18. The molecule has 0 amide bonds. The first kappa shape index (κ1) is 14.5. The Morgan fingerprint density at radius 2 is 2.26 bits per heavy atom. The smallest absolute Gasteiger partial charge is 0.185 e. The minimum Gasteiger partial charge on any atom is -0.347 e. The van der Waals surface area contributed by atoms with Gasteiger partial charge in [-0.3, -0.25) is 0 Å². The largest absolute Gasteiger partial charge is 0.347 e. The predicted octanol–water partition coefficient (Wildman–Crippen LogP) is 3.59. The maximum absolute atomic E-state index is 4.50. The van der Waals surface area contributed by atoms with Gasteiger partial charge in [0.25, 0.3) is 0 Å². The summed E-state index contributed by atoms with van der Waals surface area (Å²) in [5, 5.41) is 8.85. The minimum absolute atomic E-state index is 0.689. The van der Waals surface area contributed by atoms with E-state index in [0.717, 1.165) is 24.8 Å². The van der Waals surface area contributed by atoms with E-state index in [1.54, 1.807) is 22.7 Å². The molecule has 0 atom stereocenters. The number of nitrogens with zero attached hydrogens (tertiary/aromatic N) is 2. The van der Waals surface area contributed by atoms with Crippen LogP contribution in [0.5, 0.6) is 0 Å². The van der Waals surface area contributed by atoms with Crippen molar-refractivity contribution in [1.82, 2.24) is 10.3 Å². The molecule has 0 fully saturated rings. The summed E-state index contributed by atoms with van der Waals surface area (Å²) in [6, 6.07) is 2.17. The van der Waals surface area contributed by atoms with Crippen LogP contribution in [0.3, 0.4) is 0 Å². The van der Waals surface area contributed by atoms with Crippen molar-refractivity contribution in [3.05, 3.63) is 33.5 Å². The molecule has 0 aromatic carbocycles. The Balaban J connectivity index is 1.85. The van der Waals surface area contributed by atoms with Crippen LogP contribution in [0.4, 0.5) is 5.13 Å². The van der Waals surface area contributed by atoms with Crippen molar-refractivity contribution in [2.45, 2.75) is 26.9 Å². The fourth-order valence-corrected chi connectivity index (χ4v) is 3.26. The number of hydrogen-bond acceptors (Lipinski definition) is 5. The molecule has 0 aliphatic rings. The van der Waals surface area contributed by atoms with E-state index in [-0.39, 0.29) is 0 Å². The second-order valence-corrected chi connectivity index (χ2v) is 7.00. The number of thiazole rings is 1. The Bertz CT molecular complexity index is 477. The van der Waals surface area contributed by atoms with Gasteiger partial charge in [0, 0.05) is 31.2 Å². The van der Waals surface area contributed by atoms with Crippen molar-refractivity contribution in [3.8, 4) is 0 Å². The maximum atomic E-state index is 4.50. The van der Waals surface area contributed by atoms with Crippen LogP contribution < -0.4 is 10.2 Å². The molecule has 0 aliphatic carbocycles. The third-order valence-corrected chi connectivity index (χ3v) is 4.56. The van der Waals surface area contributed by atoms with Crippen LogP contribution in [-0.2, 0) is 13.1 Å². The molecular weight excluding hydrogens is 274 g/mol. The number of hydrogen-bond donors (Lipinski definition) is 1. The molecule has 0 unspecified atom stereocenters. The van der Waals surface area contributed by atoms with Gasteiger partial charge >= 0.3 is 0 Å². The summed E-state index contributed by atoms with van der Waals surface area (Å²) in [6.07, 6.45) is 1.98. The molecule has 2 rings (SSSR count). The number of aromatic nitrogens is 1. The highest BCUT2D eigenvalue weighted by Gasteiger charge is 2.08. The van der Waals surface area contributed by atoms with E-state index in [2.05, 4.69) is 52.9 Å². The van der Waals surface area contributed by atoms with Gasteiger partial charge in [-0.05, 0) is 34.9 Å². The van der Waals surface area contributed by atoms with E-state index in [0.29, 0.717) is 5.92 Å². The Labute approximate surface area is 123 Å². The van der Waals surface area contributed by atoms with E-state index in [1.165, 1.54) is 10.4 Å². The van der Waals surface area contributed by atoms with E-state index in [1.807, 2.05) is 6.20 Å². The van der Waals surface area contributed by atoms with E-state index in [4.69, 9.17) is 0 Å². The van der Waals surface area contributed by atoms with Crippen molar-refractivity contribution in [3.63, 3.8) is 0 Å². The normalized spacial score (nSPS) is 11.2. The number of rotatable bonds is 7. The van der Waals surface area contributed by atoms with Crippen LogP contribution in [0, 0.1) is 5.92 Å². The Hall–Kier alpha value is -0.910. The van der Waals surface area contributed by atoms with E-state index >= 15 is 0 Å². The zero-order chi connectivity index (χ0) is 13.7. The molecule has 0 saturated carbocycles. The molecule has 0 spiro atoms. The third-order valence-electron chi connectivity index (χ3n) is 2.72. The van der Waals surface area contributed by atoms with Crippen molar-refractivity contribution in [2.75, 3.05) is 18.5 Å². The Morgan fingerprint density at radius 3 is 2.95 bits per heavy atom. The SMILES string of the molecule is CC(C)CNCc1cnc(N(C)Cc2ccsc2)s1. The first-order chi connectivity index (χ1) is 9.15. The first-order valence-electron chi connectivity index (χ1n) is 6.53. The highest BCUT2D eigenvalue weighted by molar-refractivity contribution is 7.15. The van der Waals surface area contributed by atoms with Crippen LogP contribution in [0.15, 0.2) is 23.0 Å². The lowest BCUT2D eigenvalue weighted by atomic mass is 10.2. The molecule has 19 heavy (non-hydrogen) atoms. The molecule has 104 valence electrons. The highest BCUT2D eigenvalue weighted by Crippen LogP contribution is 2.23. The van der Waals surface area contributed by atoms with Crippen LogP contribution in [0.2, 0.25) is 0 Å². The molecule has 1 N–H and O–H groups in total. The summed E-state index contributed by atoms with van der Waals surface area (Å²) in [6.45, 7) is 7.34. The van der Waals surface area contributed by atoms with Crippen LogP contribution in [0.1, 0.15) is 24.3 Å². The van der Waals surface area contributed by atoms with Crippen molar-refractivity contribution in [2.24, 2.45) is 5.92 Å². The molecule has 2 aromatic rings. The zero-order valence-corrected chi connectivity index (χ0v) is 13.4. The summed E-state index contributed by atoms with van der Waals surface area (Å²) in [5.74, 6) is 0.689. The van der Waals surface area contributed by atoms with Crippen LogP contribution in [-0.4, -0.2) is 18.6 Å². The average molecular weight is 295 g/mol. The Kier molecular flexibility index (Phi) is 5.36. The second kappa shape index (κ2) is 7.03. The molecule has 0 saturated heterocycles. The topological polar surface area (TPSA) is 28.2 Å². The predicted molar refractivity (Wildman–Crippen MR) is 85.1 cm³/mol. The first-order valence-corrected chi connectivity index (χ1v) is 8.28. The monoisotopic (exact) mass is 295 g/mol. The number of anilines is 1. The third kappa shape index (κ3) is 4.60. The fourth-order valence-electron chi connectivity index (χ4n) is 1.76. The van der Waals surface area contributed by atoms with Gasteiger partial charge in [-0.15, -0.1) is 11.3 Å². The highest BCUT2D eigenvalue weighted by atomic mass is 32.1. The van der Waals surface area contributed by atoms with E-state index < -0.39 is 0 Å². The summed E-state index contributed by atoms with van der Waals surface area (Å²) < 4.78 is 0. The van der Waals surface area contributed by atoms with Crippen molar-refractivity contribution in [1.29, 1.82) is 0 Å². The molecule has 0 aliphatic heterocycles. The zero-order valence-electron chi connectivity index (χ0n) is 11.7. The second-order valence-electron chi connectivity index (χ2n) is 5.12. The number of nitrogens with one attached hydrogen (secondary N) is 1. The van der Waals surface area contributed by atoms with Gasteiger partial charge in [-0.1, -0.05) is 13.8 Å². The maximum Gasteiger partial charge on any atom is 0.185 e.